The fourth-order valence-corrected chi connectivity index (χ4v) is 1.92. The van der Waals surface area contributed by atoms with Gasteiger partial charge >= 0.3 is 0 Å². The van der Waals surface area contributed by atoms with Crippen molar-refractivity contribution in [2.75, 3.05) is 31.6 Å². The maximum Gasteiger partial charge on any atom is 0.142 e. The fraction of sp³-hybridized carbons (Fsp3) is 0.538. The first-order valence-corrected chi connectivity index (χ1v) is 6.14. The zero-order valence-corrected chi connectivity index (χ0v) is 10.2. The summed E-state index contributed by atoms with van der Waals surface area (Å²) in [4.78, 5) is 0. The van der Waals surface area contributed by atoms with Gasteiger partial charge < -0.3 is 20.5 Å². The van der Waals surface area contributed by atoms with Gasteiger partial charge in [0.15, 0.2) is 0 Å². The van der Waals surface area contributed by atoms with Gasteiger partial charge in [0, 0.05) is 6.54 Å². The van der Waals surface area contributed by atoms with E-state index in [1.165, 1.54) is 5.56 Å². The molecule has 94 valence electrons. The van der Waals surface area contributed by atoms with Crippen LogP contribution in [-0.4, -0.2) is 37.5 Å². The molecule has 0 saturated heterocycles. The molecule has 1 aromatic carbocycles. The number of rotatable bonds is 5. The zero-order chi connectivity index (χ0) is 12.1. The number of benzene rings is 1. The fourth-order valence-electron chi connectivity index (χ4n) is 1.92. The van der Waals surface area contributed by atoms with Crippen LogP contribution in [0.1, 0.15) is 12.5 Å². The quantitative estimate of drug-likeness (QED) is 0.668. The Kier molecular flexibility index (Phi) is 4.23. The number of fused-ring (bicyclic) bond motifs is 1. The van der Waals surface area contributed by atoms with Gasteiger partial charge in [-0.25, -0.2) is 0 Å². The minimum absolute atomic E-state index is 0.192. The summed E-state index contributed by atoms with van der Waals surface area (Å²) in [7, 11) is 0. The number of nitrogens with one attached hydrogen (secondary N) is 2. The highest BCUT2D eigenvalue weighted by atomic mass is 16.5. The molecular weight excluding hydrogens is 216 g/mol. The van der Waals surface area contributed by atoms with E-state index in [4.69, 9.17) is 9.84 Å². The standard InChI is InChI=1S/C13H20N2O2/c1-10-9-15-12-8-11(2-3-13(12)17-10)4-5-14-6-7-16/h2-3,8,10,14-16H,4-7,9H2,1H3. The van der Waals surface area contributed by atoms with Gasteiger partial charge in [0.05, 0.1) is 18.8 Å². The van der Waals surface area contributed by atoms with Crippen molar-refractivity contribution < 1.29 is 9.84 Å². The monoisotopic (exact) mass is 236 g/mol. The Labute approximate surface area is 102 Å². The summed E-state index contributed by atoms with van der Waals surface area (Å²) in [6.07, 6.45) is 1.20. The number of anilines is 1. The molecule has 2 rings (SSSR count). The topological polar surface area (TPSA) is 53.5 Å². The molecule has 4 nitrogen and oxygen atoms in total. The maximum absolute atomic E-state index is 8.66. The Hall–Kier alpha value is -1.26. The Morgan fingerprint density at radius 2 is 2.35 bits per heavy atom. The Morgan fingerprint density at radius 3 is 3.18 bits per heavy atom. The van der Waals surface area contributed by atoms with E-state index in [2.05, 4.69) is 29.7 Å². The largest absolute Gasteiger partial charge is 0.487 e. The van der Waals surface area contributed by atoms with Gasteiger partial charge in [-0.15, -0.1) is 0 Å². The van der Waals surface area contributed by atoms with Crippen LogP contribution in [0.5, 0.6) is 5.75 Å². The molecule has 1 aliphatic rings. The lowest BCUT2D eigenvalue weighted by Crippen LogP contribution is -2.27. The Bertz CT molecular complexity index is 368. The van der Waals surface area contributed by atoms with Crippen LogP contribution in [0, 0.1) is 0 Å². The second kappa shape index (κ2) is 5.89. The van der Waals surface area contributed by atoms with Gasteiger partial charge in [0.25, 0.3) is 0 Å². The summed E-state index contributed by atoms with van der Waals surface area (Å²) in [5.41, 5.74) is 2.36. The van der Waals surface area contributed by atoms with Gasteiger partial charge in [0.2, 0.25) is 0 Å². The van der Waals surface area contributed by atoms with E-state index in [-0.39, 0.29) is 12.7 Å². The molecule has 0 fully saturated rings. The molecule has 0 amide bonds. The van der Waals surface area contributed by atoms with E-state index in [1.54, 1.807) is 0 Å². The van der Waals surface area contributed by atoms with Gasteiger partial charge in [0.1, 0.15) is 11.9 Å². The lowest BCUT2D eigenvalue weighted by molar-refractivity contribution is 0.226. The van der Waals surface area contributed by atoms with Gasteiger partial charge in [-0.2, -0.15) is 0 Å². The highest BCUT2D eigenvalue weighted by Crippen LogP contribution is 2.29. The van der Waals surface area contributed by atoms with Crippen LogP contribution in [0.2, 0.25) is 0 Å². The van der Waals surface area contributed by atoms with E-state index in [9.17, 15) is 0 Å². The van der Waals surface area contributed by atoms with Crippen molar-refractivity contribution in [1.82, 2.24) is 5.32 Å². The van der Waals surface area contributed by atoms with Crippen molar-refractivity contribution in [3.05, 3.63) is 23.8 Å². The summed E-state index contributed by atoms with van der Waals surface area (Å²) in [6.45, 7) is 4.65. The highest BCUT2D eigenvalue weighted by molar-refractivity contribution is 5.59. The molecule has 0 saturated carbocycles. The number of aliphatic hydroxyl groups is 1. The molecule has 0 aromatic heterocycles. The number of ether oxygens (including phenoxy) is 1. The first kappa shape index (κ1) is 12.2. The number of aliphatic hydroxyl groups excluding tert-OH is 1. The van der Waals surface area contributed by atoms with Gasteiger partial charge in [-0.05, 0) is 37.6 Å². The van der Waals surface area contributed by atoms with Crippen LogP contribution in [0.3, 0.4) is 0 Å². The second-order valence-electron chi connectivity index (χ2n) is 4.36. The van der Waals surface area contributed by atoms with Crippen molar-refractivity contribution in [1.29, 1.82) is 0 Å². The predicted molar refractivity (Wildman–Crippen MR) is 68.7 cm³/mol. The van der Waals surface area contributed by atoms with E-state index in [0.29, 0.717) is 6.54 Å². The minimum atomic E-state index is 0.192. The van der Waals surface area contributed by atoms with E-state index in [1.807, 2.05) is 6.07 Å². The number of hydrogen-bond acceptors (Lipinski definition) is 4. The summed E-state index contributed by atoms with van der Waals surface area (Å²) in [5, 5.41) is 15.2. The molecule has 1 unspecified atom stereocenters. The summed E-state index contributed by atoms with van der Waals surface area (Å²) < 4.78 is 5.72. The van der Waals surface area contributed by atoms with E-state index >= 15 is 0 Å². The SMILES string of the molecule is CC1CNc2cc(CCNCCO)ccc2O1. The average Bonchev–Trinajstić information content (AvgIpc) is 2.35. The lowest BCUT2D eigenvalue weighted by Gasteiger charge is -2.25. The Morgan fingerprint density at radius 1 is 1.47 bits per heavy atom. The van der Waals surface area contributed by atoms with Crippen LogP contribution >= 0.6 is 0 Å². The maximum atomic E-state index is 8.66. The van der Waals surface area contributed by atoms with Crippen molar-refractivity contribution in [2.24, 2.45) is 0 Å². The molecule has 1 aromatic rings. The van der Waals surface area contributed by atoms with Gasteiger partial charge in [-0.1, -0.05) is 6.07 Å². The first-order chi connectivity index (χ1) is 8.29. The van der Waals surface area contributed by atoms with Crippen LogP contribution in [0.4, 0.5) is 5.69 Å². The highest BCUT2D eigenvalue weighted by Gasteiger charge is 2.14. The summed E-state index contributed by atoms with van der Waals surface area (Å²) in [6, 6.07) is 6.26. The average molecular weight is 236 g/mol. The summed E-state index contributed by atoms with van der Waals surface area (Å²) >= 11 is 0. The van der Waals surface area contributed by atoms with E-state index in [0.717, 1.165) is 30.9 Å². The molecule has 0 aliphatic carbocycles. The van der Waals surface area contributed by atoms with Crippen molar-refractivity contribution >= 4 is 5.69 Å². The van der Waals surface area contributed by atoms with Crippen molar-refractivity contribution in [2.45, 2.75) is 19.4 Å². The molecule has 1 atom stereocenters. The molecule has 4 heteroatoms. The van der Waals surface area contributed by atoms with Crippen LogP contribution in [0.25, 0.3) is 0 Å². The smallest absolute Gasteiger partial charge is 0.142 e. The minimum Gasteiger partial charge on any atom is -0.487 e. The molecule has 0 spiro atoms. The first-order valence-electron chi connectivity index (χ1n) is 6.14. The molecule has 3 N–H and O–H groups in total. The third-order valence-corrected chi connectivity index (χ3v) is 2.83. The van der Waals surface area contributed by atoms with Crippen LogP contribution in [-0.2, 0) is 6.42 Å². The molecule has 1 aliphatic heterocycles. The normalized spacial score (nSPS) is 18.1. The molecule has 1 heterocycles. The Balaban J connectivity index is 1.92. The van der Waals surface area contributed by atoms with Gasteiger partial charge in [-0.3, -0.25) is 0 Å². The third-order valence-electron chi connectivity index (χ3n) is 2.83. The van der Waals surface area contributed by atoms with E-state index < -0.39 is 0 Å². The molecule has 17 heavy (non-hydrogen) atoms. The van der Waals surface area contributed by atoms with Crippen LogP contribution < -0.4 is 15.4 Å². The lowest BCUT2D eigenvalue weighted by atomic mass is 10.1. The van der Waals surface area contributed by atoms with Crippen molar-refractivity contribution in [3.63, 3.8) is 0 Å². The molecular formula is C13H20N2O2. The number of hydrogen-bond donors (Lipinski definition) is 3. The predicted octanol–water partition coefficient (Wildman–Crippen LogP) is 1.00. The third kappa shape index (κ3) is 3.35. The zero-order valence-electron chi connectivity index (χ0n) is 10.2. The van der Waals surface area contributed by atoms with Crippen molar-refractivity contribution in [3.8, 4) is 5.75 Å². The molecule has 0 bridgehead atoms. The second-order valence-corrected chi connectivity index (χ2v) is 4.36. The molecule has 0 radical (unpaired) electrons. The summed E-state index contributed by atoms with van der Waals surface area (Å²) in [5.74, 6) is 0.941. The van der Waals surface area contributed by atoms with Crippen LogP contribution in [0.15, 0.2) is 18.2 Å².